The number of hydrogen-bond acceptors (Lipinski definition) is 2. The minimum atomic E-state index is 0.291. The minimum absolute atomic E-state index is 0.291. The van der Waals surface area contributed by atoms with Gasteiger partial charge in [0.05, 0.1) is 0 Å². The average Bonchev–Trinajstić information content (AvgIpc) is 2.40. The van der Waals surface area contributed by atoms with E-state index in [4.69, 9.17) is 0 Å². The van der Waals surface area contributed by atoms with Crippen LogP contribution in [0.1, 0.15) is 0 Å². The molecule has 2 N–H and O–H groups in total. The average molecular weight is 235 g/mol. The van der Waals surface area contributed by atoms with Crippen molar-refractivity contribution >= 4 is 22.1 Å². The van der Waals surface area contributed by atoms with Gasteiger partial charge in [-0.25, -0.2) is 0 Å². The molecular formula is C16H13NO. The summed E-state index contributed by atoms with van der Waals surface area (Å²) in [6.07, 6.45) is 0. The lowest BCUT2D eigenvalue weighted by Crippen LogP contribution is -1.90. The number of phenolic OH excluding ortho intramolecular Hbond substituents is 1. The van der Waals surface area contributed by atoms with Crippen molar-refractivity contribution in [3.8, 4) is 5.75 Å². The first kappa shape index (κ1) is 10.7. The van der Waals surface area contributed by atoms with Crippen molar-refractivity contribution < 1.29 is 5.11 Å². The van der Waals surface area contributed by atoms with Crippen LogP contribution in [0.15, 0.2) is 66.7 Å². The first-order chi connectivity index (χ1) is 8.83. The molecule has 0 aliphatic carbocycles. The Morgan fingerprint density at radius 3 is 2.44 bits per heavy atom. The normalized spacial score (nSPS) is 10.4. The van der Waals surface area contributed by atoms with Crippen LogP contribution in [0, 0.1) is 0 Å². The Hall–Kier alpha value is -2.48. The van der Waals surface area contributed by atoms with Crippen LogP contribution in [-0.2, 0) is 0 Å². The zero-order valence-corrected chi connectivity index (χ0v) is 9.80. The Bertz CT molecular complexity index is 677. The fraction of sp³-hybridized carbons (Fsp3) is 0. The number of fused-ring (bicyclic) bond motifs is 1. The summed E-state index contributed by atoms with van der Waals surface area (Å²) in [6.45, 7) is 0. The number of aromatic hydroxyl groups is 1. The van der Waals surface area contributed by atoms with Gasteiger partial charge in [0.15, 0.2) is 0 Å². The Morgan fingerprint density at radius 2 is 1.61 bits per heavy atom. The highest BCUT2D eigenvalue weighted by Gasteiger charge is 2.01. The van der Waals surface area contributed by atoms with Crippen molar-refractivity contribution in [2.24, 2.45) is 0 Å². The summed E-state index contributed by atoms with van der Waals surface area (Å²) in [5, 5.41) is 15.0. The van der Waals surface area contributed by atoms with Crippen LogP contribution >= 0.6 is 0 Å². The van der Waals surface area contributed by atoms with Gasteiger partial charge in [-0.2, -0.15) is 0 Å². The molecule has 0 saturated heterocycles. The van der Waals surface area contributed by atoms with Crippen molar-refractivity contribution in [3.63, 3.8) is 0 Å². The molecule has 0 radical (unpaired) electrons. The van der Waals surface area contributed by atoms with E-state index in [0.717, 1.165) is 22.1 Å². The number of para-hydroxylation sites is 1. The van der Waals surface area contributed by atoms with Gasteiger partial charge in [-0.1, -0.05) is 30.3 Å². The highest BCUT2D eigenvalue weighted by molar-refractivity contribution is 5.96. The van der Waals surface area contributed by atoms with E-state index < -0.39 is 0 Å². The lowest BCUT2D eigenvalue weighted by molar-refractivity contribution is 0.476. The zero-order valence-electron chi connectivity index (χ0n) is 9.80. The van der Waals surface area contributed by atoms with E-state index in [0.29, 0.717) is 5.75 Å². The molecule has 0 atom stereocenters. The van der Waals surface area contributed by atoms with Gasteiger partial charge in [0.2, 0.25) is 0 Å². The minimum Gasteiger partial charge on any atom is -0.508 e. The van der Waals surface area contributed by atoms with Crippen molar-refractivity contribution in [2.75, 3.05) is 5.32 Å². The lowest BCUT2D eigenvalue weighted by Gasteiger charge is -2.09. The standard InChI is InChI=1S/C16H13NO/c18-14-9-10-15-12(11-14)5-4-8-16(15)17-13-6-2-1-3-7-13/h1-11,17-18H. The van der Waals surface area contributed by atoms with Gasteiger partial charge in [0.1, 0.15) is 5.75 Å². The molecule has 0 aromatic heterocycles. The number of rotatable bonds is 2. The van der Waals surface area contributed by atoms with E-state index in [1.165, 1.54) is 0 Å². The van der Waals surface area contributed by atoms with E-state index in [1.54, 1.807) is 12.1 Å². The zero-order chi connectivity index (χ0) is 12.4. The largest absolute Gasteiger partial charge is 0.508 e. The van der Waals surface area contributed by atoms with E-state index >= 15 is 0 Å². The van der Waals surface area contributed by atoms with Crippen LogP contribution in [0.3, 0.4) is 0 Å². The van der Waals surface area contributed by atoms with Crippen molar-refractivity contribution in [1.29, 1.82) is 0 Å². The molecule has 0 aliphatic heterocycles. The molecule has 0 heterocycles. The molecule has 0 amide bonds. The number of hydrogen-bond donors (Lipinski definition) is 2. The fourth-order valence-corrected chi connectivity index (χ4v) is 2.06. The van der Waals surface area contributed by atoms with E-state index in [2.05, 4.69) is 5.32 Å². The molecule has 0 fully saturated rings. The Kier molecular flexibility index (Phi) is 2.61. The summed E-state index contributed by atoms with van der Waals surface area (Å²) in [6, 6.07) is 21.5. The summed E-state index contributed by atoms with van der Waals surface area (Å²) >= 11 is 0. The molecule has 2 heteroatoms. The molecule has 88 valence electrons. The molecule has 3 rings (SSSR count). The SMILES string of the molecule is Oc1ccc2c(Nc3ccccc3)cccc2c1. The summed E-state index contributed by atoms with van der Waals surface area (Å²) in [5.41, 5.74) is 2.09. The molecule has 18 heavy (non-hydrogen) atoms. The Labute approximate surface area is 106 Å². The third-order valence-electron chi connectivity index (χ3n) is 2.92. The number of anilines is 2. The van der Waals surface area contributed by atoms with E-state index in [-0.39, 0.29) is 0 Å². The van der Waals surface area contributed by atoms with E-state index in [9.17, 15) is 5.11 Å². The smallest absolute Gasteiger partial charge is 0.116 e. The third kappa shape index (κ3) is 2.00. The van der Waals surface area contributed by atoms with E-state index in [1.807, 2.05) is 54.6 Å². The molecular weight excluding hydrogens is 222 g/mol. The predicted molar refractivity (Wildman–Crippen MR) is 75.3 cm³/mol. The van der Waals surface area contributed by atoms with Gasteiger partial charge in [-0.15, -0.1) is 0 Å². The van der Waals surface area contributed by atoms with Crippen molar-refractivity contribution in [3.05, 3.63) is 66.7 Å². The summed E-state index contributed by atoms with van der Waals surface area (Å²) in [4.78, 5) is 0. The van der Waals surface area contributed by atoms with Crippen LogP contribution in [0.4, 0.5) is 11.4 Å². The monoisotopic (exact) mass is 235 g/mol. The summed E-state index contributed by atoms with van der Waals surface area (Å²) in [5.74, 6) is 0.291. The van der Waals surface area contributed by atoms with Gasteiger partial charge in [0.25, 0.3) is 0 Å². The molecule has 0 unspecified atom stereocenters. The highest BCUT2D eigenvalue weighted by atomic mass is 16.3. The first-order valence-corrected chi connectivity index (χ1v) is 5.87. The van der Waals surface area contributed by atoms with Crippen LogP contribution < -0.4 is 5.32 Å². The first-order valence-electron chi connectivity index (χ1n) is 5.87. The second-order valence-corrected chi connectivity index (χ2v) is 4.20. The van der Waals surface area contributed by atoms with Crippen LogP contribution in [0.5, 0.6) is 5.75 Å². The Balaban J connectivity index is 2.07. The molecule has 0 saturated carbocycles. The second kappa shape index (κ2) is 4.41. The molecule has 2 nitrogen and oxygen atoms in total. The van der Waals surface area contributed by atoms with Crippen LogP contribution in [0.25, 0.3) is 10.8 Å². The number of benzene rings is 3. The fourth-order valence-electron chi connectivity index (χ4n) is 2.06. The number of nitrogens with one attached hydrogen (secondary N) is 1. The molecule has 3 aromatic rings. The van der Waals surface area contributed by atoms with Gasteiger partial charge in [0, 0.05) is 16.8 Å². The summed E-state index contributed by atoms with van der Waals surface area (Å²) in [7, 11) is 0. The summed E-state index contributed by atoms with van der Waals surface area (Å²) < 4.78 is 0. The topological polar surface area (TPSA) is 32.3 Å². The van der Waals surface area contributed by atoms with Crippen LogP contribution in [0.2, 0.25) is 0 Å². The van der Waals surface area contributed by atoms with Crippen LogP contribution in [-0.4, -0.2) is 5.11 Å². The van der Waals surface area contributed by atoms with Gasteiger partial charge < -0.3 is 10.4 Å². The maximum Gasteiger partial charge on any atom is 0.116 e. The van der Waals surface area contributed by atoms with Gasteiger partial charge in [-0.05, 0) is 41.8 Å². The molecule has 0 spiro atoms. The molecule has 0 bridgehead atoms. The molecule has 3 aromatic carbocycles. The molecule has 0 aliphatic rings. The lowest BCUT2D eigenvalue weighted by atomic mass is 10.1. The predicted octanol–water partition coefficient (Wildman–Crippen LogP) is 4.29. The second-order valence-electron chi connectivity index (χ2n) is 4.20. The quantitative estimate of drug-likeness (QED) is 0.694. The maximum absolute atomic E-state index is 9.49. The Morgan fingerprint density at radius 1 is 0.778 bits per heavy atom. The van der Waals surface area contributed by atoms with Crippen molar-refractivity contribution in [2.45, 2.75) is 0 Å². The highest BCUT2D eigenvalue weighted by Crippen LogP contribution is 2.28. The third-order valence-corrected chi connectivity index (χ3v) is 2.92. The van der Waals surface area contributed by atoms with Crippen molar-refractivity contribution in [1.82, 2.24) is 0 Å². The maximum atomic E-state index is 9.49. The van der Waals surface area contributed by atoms with Gasteiger partial charge >= 0.3 is 0 Å². The van der Waals surface area contributed by atoms with Gasteiger partial charge in [-0.3, -0.25) is 0 Å². The number of phenols is 1.